The van der Waals surface area contributed by atoms with Crippen molar-refractivity contribution < 1.29 is 19.4 Å². The molecule has 4 nitrogen and oxygen atoms in total. The number of Topliss-reactive ketones (excluding diaryl/α,β-unsaturated/α-hetero) is 1. The Kier molecular flexibility index (Phi) is 2.34. The van der Waals surface area contributed by atoms with E-state index in [0.29, 0.717) is 19.3 Å². The highest BCUT2D eigenvalue weighted by Gasteiger charge is 2.62. The van der Waals surface area contributed by atoms with Crippen molar-refractivity contribution in [1.82, 2.24) is 0 Å². The molecule has 2 saturated carbocycles. The minimum Gasteiger partial charge on any atom is -0.468 e. The normalized spacial score (nSPS) is 44.2. The van der Waals surface area contributed by atoms with Crippen LogP contribution in [0.5, 0.6) is 0 Å². The van der Waals surface area contributed by atoms with Crippen LogP contribution >= 0.6 is 0 Å². The van der Waals surface area contributed by atoms with Crippen molar-refractivity contribution >= 4 is 11.8 Å². The van der Waals surface area contributed by atoms with Crippen molar-refractivity contribution in [2.75, 3.05) is 7.11 Å². The van der Waals surface area contributed by atoms with E-state index in [1.807, 2.05) is 6.92 Å². The Morgan fingerprint density at radius 1 is 1.60 bits per heavy atom. The Bertz CT molecular complexity index is 312. The lowest BCUT2D eigenvalue weighted by atomic mass is 9.66. The van der Waals surface area contributed by atoms with Crippen LogP contribution in [0.25, 0.3) is 0 Å². The number of hydrogen-bond acceptors (Lipinski definition) is 4. The Labute approximate surface area is 88.6 Å². The molecule has 0 heterocycles. The fraction of sp³-hybridized carbons (Fsp3) is 0.818. The number of carbonyl (C=O) groups is 2. The first-order valence-corrected chi connectivity index (χ1v) is 5.35. The smallest absolute Gasteiger partial charge is 0.319 e. The number of aliphatic hydroxyl groups is 1. The molecular weight excluding hydrogens is 196 g/mol. The monoisotopic (exact) mass is 212 g/mol. The van der Waals surface area contributed by atoms with E-state index in [2.05, 4.69) is 0 Å². The molecule has 4 heteroatoms. The summed E-state index contributed by atoms with van der Waals surface area (Å²) in [7, 11) is 1.31. The number of fused-ring (bicyclic) bond motifs is 2. The molecule has 4 atom stereocenters. The maximum atomic E-state index is 12.1. The van der Waals surface area contributed by atoms with Crippen molar-refractivity contribution in [3.63, 3.8) is 0 Å². The van der Waals surface area contributed by atoms with Gasteiger partial charge in [-0.2, -0.15) is 0 Å². The van der Waals surface area contributed by atoms with Crippen molar-refractivity contribution in [3.8, 4) is 0 Å². The lowest BCUT2D eigenvalue weighted by Gasteiger charge is -2.37. The number of ether oxygens (including phenoxy) is 1. The second-order valence-electron chi connectivity index (χ2n) is 4.68. The van der Waals surface area contributed by atoms with Gasteiger partial charge in [0.05, 0.1) is 13.2 Å². The summed E-state index contributed by atoms with van der Waals surface area (Å²) in [5.74, 6) is -0.999. The molecule has 0 spiro atoms. The Morgan fingerprint density at radius 3 is 2.87 bits per heavy atom. The van der Waals surface area contributed by atoms with Crippen LogP contribution in [0.2, 0.25) is 0 Å². The van der Waals surface area contributed by atoms with Crippen LogP contribution in [0.3, 0.4) is 0 Å². The van der Waals surface area contributed by atoms with Gasteiger partial charge in [0.15, 0.2) is 5.78 Å². The largest absolute Gasteiger partial charge is 0.468 e. The van der Waals surface area contributed by atoms with Crippen molar-refractivity contribution in [1.29, 1.82) is 0 Å². The molecule has 0 aromatic carbocycles. The van der Waals surface area contributed by atoms with Crippen LogP contribution < -0.4 is 0 Å². The second kappa shape index (κ2) is 3.30. The van der Waals surface area contributed by atoms with Gasteiger partial charge in [0.25, 0.3) is 0 Å². The molecule has 2 aliphatic carbocycles. The molecule has 0 amide bonds. The van der Waals surface area contributed by atoms with E-state index in [-0.39, 0.29) is 17.6 Å². The molecule has 1 N–H and O–H groups in total. The van der Waals surface area contributed by atoms with Gasteiger partial charge in [-0.3, -0.25) is 9.59 Å². The minimum absolute atomic E-state index is 0.111. The van der Waals surface area contributed by atoms with Crippen LogP contribution in [-0.2, 0) is 14.3 Å². The van der Waals surface area contributed by atoms with E-state index in [4.69, 9.17) is 4.74 Å². The van der Waals surface area contributed by atoms with Crippen molar-refractivity contribution in [2.24, 2.45) is 17.3 Å². The number of hydrogen-bond donors (Lipinski definition) is 1. The molecule has 0 aromatic heterocycles. The zero-order chi connectivity index (χ0) is 11.2. The van der Waals surface area contributed by atoms with Crippen molar-refractivity contribution in [3.05, 3.63) is 0 Å². The van der Waals surface area contributed by atoms with Crippen molar-refractivity contribution in [2.45, 2.75) is 32.3 Å². The summed E-state index contributed by atoms with van der Waals surface area (Å²) in [5.41, 5.74) is -0.960. The van der Waals surface area contributed by atoms with E-state index in [9.17, 15) is 14.7 Å². The number of esters is 1. The first kappa shape index (κ1) is 10.6. The zero-order valence-electron chi connectivity index (χ0n) is 9.03. The van der Waals surface area contributed by atoms with Gasteiger partial charge in [0.1, 0.15) is 5.41 Å². The Balaban J connectivity index is 2.40. The summed E-state index contributed by atoms with van der Waals surface area (Å²) in [6.45, 7) is 1.85. The lowest BCUT2D eigenvalue weighted by molar-refractivity contribution is -0.165. The Morgan fingerprint density at radius 2 is 2.27 bits per heavy atom. The minimum atomic E-state index is -0.960. The van der Waals surface area contributed by atoms with Gasteiger partial charge in [0, 0.05) is 5.92 Å². The molecule has 0 unspecified atom stereocenters. The maximum absolute atomic E-state index is 12.1. The summed E-state index contributed by atoms with van der Waals surface area (Å²) in [5, 5.41) is 9.73. The summed E-state index contributed by atoms with van der Waals surface area (Å²) in [6.07, 6.45) is 1.08. The van der Waals surface area contributed by atoms with Crippen LogP contribution in [0, 0.1) is 17.3 Å². The molecule has 2 aliphatic rings. The highest BCUT2D eigenvalue weighted by Crippen LogP contribution is 2.52. The third kappa shape index (κ3) is 1.17. The number of aliphatic hydroxyl groups excluding tert-OH is 1. The van der Waals surface area contributed by atoms with Gasteiger partial charge in [-0.15, -0.1) is 0 Å². The van der Waals surface area contributed by atoms with E-state index in [0.717, 1.165) is 0 Å². The number of methoxy groups -OCH3 is 1. The van der Waals surface area contributed by atoms with Gasteiger partial charge in [-0.05, 0) is 25.2 Å². The molecule has 2 fully saturated rings. The van der Waals surface area contributed by atoms with E-state index in [1.165, 1.54) is 7.11 Å². The second-order valence-corrected chi connectivity index (χ2v) is 4.68. The molecule has 0 radical (unpaired) electrons. The highest BCUT2D eigenvalue weighted by molar-refractivity contribution is 6.07. The molecule has 2 bridgehead atoms. The SMILES string of the molecule is COC(=O)[C@@]12CC[C@H](C1=O)[C@H](O)C[C@H]2C. The predicted octanol–water partition coefficient (Wildman–Crippen LogP) is 0.526. The summed E-state index contributed by atoms with van der Waals surface area (Å²) < 4.78 is 4.75. The van der Waals surface area contributed by atoms with E-state index in [1.54, 1.807) is 0 Å². The third-order valence-electron chi connectivity index (χ3n) is 4.08. The zero-order valence-corrected chi connectivity index (χ0v) is 9.03. The van der Waals surface area contributed by atoms with Crippen LogP contribution in [0.4, 0.5) is 0 Å². The summed E-state index contributed by atoms with van der Waals surface area (Å²) >= 11 is 0. The van der Waals surface area contributed by atoms with Gasteiger partial charge in [0.2, 0.25) is 0 Å². The van der Waals surface area contributed by atoms with E-state index >= 15 is 0 Å². The molecule has 84 valence electrons. The molecule has 15 heavy (non-hydrogen) atoms. The van der Waals surface area contributed by atoms with Crippen LogP contribution in [0.1, 0.15) is 26.2 Å². The first-order chi connectivity index (χ1) is 7.04. The number of carbonyl (C=O) groups excluding carboxylic acids is 2. The van der Waals surface area contributed by atoms with Crippen LogP contribution in [-0.4, -0.2) is 30.1 Å². The average molecular weight is 212 g/mol. The first-order valence-electron chi connectivity index (χ1n) is 5.35. The molecule has 0 saturated heterocycles. The highest BCUT2D eigenvalue weighted by atomic mass is 16.5. The van der Waals surface area contributed by atoms with Gasteiger partial charge < -0.3 is 9.84 Å². The maximum Gasteiger partial charge on any atom is 0.319 e. The van der Waals surface area contributed by atoms with Crippen LogP contribution in [0.15, 0.2) is 0 Å². The third-order valence-corrected chi connectivity index (χ3v) is 4.08. The molecule has 2 rings (SSSR count). The van der Waals surface area contributed by atoms with Gasteiger partial charge in [-0.25, -0.2) is 0 Å². The standard InChI is InChI=1S/C11H16O4/c1-6-5-8(12)7-3-4-11(6,9(7)13)10(14)15-2/h6-8,12H,3-5H2,1-2H3/t6-,7+,8-,11-/m1/s1. The summed E-state index contributed by atoms with van der Waals surface area (Å²) in [4.78, 5) is 23.8. The number of ketones is 1. The topological polar surface area (TPSA) is 63.6 Å². The molecule has 0 aliphatic heterocycles. The quantitative estimate of drug-likeness (QED) is 0.508. The fourth-order valence-electron chi connectivity index (χ4n) is 3.14. The Hall–Kier alpha value is -0.900. The van der Waals surface area contributed by atoms with Gasteiger partial charge in [-0.1, -0.05) is 6.92 Å². The lowest BCUT2D eigenvalue weighted by Crippen LogP contribution is -2.50. The molecular formula is C11H16O4. The van der Waals surface area contributed by atoms with Gasteiger partial charge >= 0.3 is 5.97 Å². The predicted molar refractivity (Wildman–Crippen MR) is 52.0 cm³/mol. The van der Waals surface area contributed by atoms with E-state index < -0.39 is 17.5 Å². The number of rotatable bonds is 1. The molecule has 0 aromatic rings. The fourth-order valence-corrected chi connectivity index (χ4v) is 3.14. The summed E-state index contributed by atoms with van der Waals surface area (Å²) in [6, 6.07) is 0. The average Bonchev–Trinajstić information content (AvgIpc) is 2.48.